The lowest BCUT2D eigenvalue weighted by molar-refractivity contribution is -0.121. The van der Waals surface area contributed by atoms with E-state index in [-0.39, 0.29) is 17.7 Å². The average Bonchev–Trinajstić information content (AvgIpc) is 2.38. The summed E-state index contributed by atoms with van der Waals surface area (Å²) in [4.78, 5) is 12.0. The van der Waals surface area contributed by atoms with Gasteiger partial charge in [-0.25, -0.2) is 8.42 Å². The highest BCUT2D eigenvalue weighted by molar-refractivity contribution is 7.92. The van der Waals surface area contributed by atoms with Crippen LogP contribution in [-0.2, 0) is 14.6 Å². The highest BCUT2D eigenvalue weighted by Gasteiger charge is 2.30. The van der Waals surface area contributed by atoms with Gasteiger partial charge in [0.05, 0.1) is 5.75 Å². The molecule has 3 N–H and O–H groups in total. The van der Waals surface area contributed by atoms with Crippen LogP contribution in [0.2, 0.25) is 0 Å². The van der Waals surface area contributed by atoms with Gasteiger partial charge in [0.2, 0.25) is 5.91 Å². The Hall–Kier alpha value is -0.620. The third-order valence-electron chi connectivity index (χ3n) is 3.83. The molecule has 1 aliphatic rings. The third-order valence-corrected chi connectivity index (χ3v) is 6.01. The molecule has 1 saturated carbocycles. The molecule has 0 bridgehead atoms. The molecule has 2 unspecified atom stereocenters. The minimum atomic E-state index is -3.46. The molecule has 1 rings (SSSR count). The molecule has 6 heteroatoms. The van der Waals surface area contributed by atoms with Crippen molar-refractivity contribution in [2.45, 2.75) is 69.7 Å². The van der Waals surface area contributed by atoms with Crippen molar-refractivity contribution in [3.63, 3.8) is 0 Å². The van der Waals surface area contributed by atoms with E-state index in [9.17, 15) is 13.2 Å². The minimum absolute atomic E-state index is 0.122. The third kappa shape index (κ3) is 5.10. The second kappa shape index (κ2) is 7.24. The summed E-state index contributed by atoms with van der Waals surface area (Å²) < 4.78 is 24.1. The van der Waals surface area contributed by atoms with E-state index in [1.807, 2.05) is 6.92 Å². The number of hydrogen-bond donors (Lipinski definition) is 2. The first-order chi connectivity index (χ1) is 8.86. The molecule has 112 valence electrons. The average molecular weight is 290 g/mol. The number of sulfone groups is 1. The van der Waals surface area contributed by atoms with Crippen LogP contribution in [0, 0.1) is 0 Å². The summed E-state index contributed by atoms with van der Waals surface area (Å²) in [5.74, 6) is -0.502. The number of hydrogen-bond acceptors (Lipinski definition) is 4. The number of amides is 1. The van der Waals surface area contributed by atoms with Crippen LogP contribution in [0.5, 0.6) is 0 Å². The van der Waals surface area contributed by atoms with E-state index >= 15 is 0 Å². The highest BCUT2D eigenvalue weighted by Crippen LogP contribution is 2.18. The summed E-state index contributed by atoms with van der Waals surface area (Å²) in [7, 11) is -3.46. The quantitative estimate of drug-likeness (QED) is 0.763. The fraction of sp³-hybridized carbons (Fsp3) is 0.923. The first kappa shape index (κ1) is 16.4. The Kier molecular flexibility index (Phi) is 6.26. The molecule has 0 heterocycles. The highest BCUT2D eigenvalue weighted by atomic mass is 32.2. The van der Waals surface area contributed by atoms with Gasteiger partial charge in [-0.3, -0.25) is 4.79 Å². The molecule has 19 heavy (non-hydrogen) atoms. The molecule has 0 aliphatic heterocycles. The van der Waals surface area contributed by atoms with E-state index < -0.39 is 21.1 Å². The lowest BCUT2D eigenvalue weighted by Gasteiger charge is -2.24. The molecule has 0 saturated heterocycles. The van der Waals surface area contributed by atoms with Gasteiger partial charge in [0.25, 0.3) is 0 Å². The molecule has 0 aromatic carbocycles. The zero-order valence-corrected chi connectivity index (χ0v) is 12.7. The Morgan fingerprint density at radius 1 is 1.32 bits per heavy atom. The van der Waals surface area contributed by atoms with E-state index in [1.165, 1.54) is 13.3 Å². The maximum atomic E-state index is 12.0. The molecule has 5 nitrogen and oxygen atoms in total. The van der Waals surface area contributed by atoms with Crippen LogP contribution in [0.4, 0.5) is 0 Å². The Balaban J connectivity index is 2.55. The van der Waals surface area contributed by atoms with Gasteiger partial charge >= 0.3 is 0 Å². The molecular weight excluding hydrogens is 264 g/mol. The molecule has 2 atom stereocenters. The molecule has 0 spiro atoms. The van der Waals surface area contributed by atoms with Crippen molar-refractivity contribution in [3.8, 4) is 0 Å². The summed E-state index contributed by atoms with van der Waals surface area (Å²) in [6, 6.07) is -0.256. The first-order valence-corrected chi connectivity index (χ1v) is 8.86. The zero-order chi connectivity index (χ0) is 14.5. The smallest absolute Gasteiger partial charge is 0.238 e. The number of rotatable bonds is 6. The van der Waals surface area contributed by atoms with Crippen LogP contribution in [0.25, 0.3) is 0 Å². The van der Waals surface area contributed by atoms with Crippen molar-refractivity contribution in [1.29, 1.82) is 0 Å². The maximum absolute atomic E-state index is 12.0. The fourth-order valence-corrected chi connectivity index (χ4v) is 3.80. The maximum Gasteiger partial charge on any atom is 0.238 e. The largest absolute Gasteiger partial charge is 0.352 e. The normalized spacial score (nSPS) is 20.8. The van der Waals surface area contributed by atoms with Crippen LogP contribution in [-0.4, -0.2) is 37.4 Å². The Morgan fingerprint density at radius 3 is 2.42 bits per heavy atom. The molecule has 1 fully saturated rings. The van der Waals surface area contributed by atoms with Crippen LogP contribution in [0.1, 0.15) is 52.4 Å². The Bertz CT molecular complexity index is 389. The van der Waals surface area contributed by atoms with Crippen LogP contribution >= 0.6 is 0 Å². The van der Waals surface area contributed by atoms with Gasteiger partial charge in [-0.15, -0.1) is 0 Å². The van der Waals surface area contributed by atoms with Crippen molar-refractivity contribution < 1.29 is 13.2 Å². The SMILES string of the molecule is CCC(N)CS(=O)(=O)C(C)C(=O)NC1CCCCC1. The molecule has 1 aliphatic carbocycles. The number of carbonyl (C=O) groups is 1. The Morgan fingerprint density at radius 2 is 1.89 bits per heavy atom. The predicted molar refractivity (Wildman–Crippen MR) is 76.5 cm³/mol. The van der Waals surface area contributed by atoms with E-state index in [2.05, 4.69) is 5.32 Å². The molecule has 1 amide bonds. The van der Waals surface area contributed by atoms with Gasteiger partial charge < -0.3 is 11.1 Å². The summed E-state index contributed by atoms with van der Waals surface area (Å²) >= 11 is 0. The topological polar surface area (TPSA) is 89.3 Å². The summed E-state index contributed by atoms with van der Waals surface area (Å²) in [5, 5.41) is 1.85. The molecule has 0 aromatic rings. The summed E-state index contributed by atoms with van der Waals surface area (Å²) in [6.45, 7) is 3.29. The summed E-state index contributed by atoms with van der Waals surface area (Å²) in [6.07, 6.45) is 5.90. The van der Waals surface area contributed by atoms with Gasteiger partial charge in [-0.2, -0.15) is 0 Å². The van der Waals surface area contributed by atoms with Gasteiger partial charge in [-0.05, 0) is 26.2 Å². The number of nitrogens with one attached hydrogen (secondary N) is 1. The molecule has 0 radical (unpaired) electrons. The van der Waals surface area contributed by atoms with E-state index in [1.54, 1.807) is 0 Å². The predicted octanol–water partition coefficient (Wildman–Crippen LogP) is 0.976. The van der Waals surface area contributed by atoms with E-state index in [0.29, 0.717) is 6.42 Å². The summed E-state index contributed by atoms with van der Waals surface area (Å²) in [5.41, 5.74) is 5.67. The standard InChI is InChI=1S/C13H26N2O3S/c1-3-11(14)9-19(17,18)10(2)13(16)15-12-7-5-4-6-8-12/h10-12H,3-9,14H2,1-2H3,(H,15,16). The lowest BCUT2D eigenvalue weighted by atomic mass is 9.95. The number of carbonyl (C=O) groups excluding carboxylic acids is 1. The second-order valence-electron chi connectivity index (χ2n) is 5.48. The van der Waals surface area contributed by atoms with Gasteiger partial charge in [0.1, 0.15) is 5.25 Å². The Labute approximate surface area is 116 Å². The minimum Gasteiger partial charge on any atom is -0.352 e. The van der Waals surface area contributed by atoms with Gasteiger partial charge in [0.15, 0.2) is 9.84 Å². The first-order valence-electron chi connectivity index (χ1n) is 7.14. The zero-order valence-electron chi connectivity index (χ0n) is 11.9. The van der Waals surface area contributed by atoms with Crippen molar-refractivity contribution in [1.82, 2.24) is 5.32 Å². The van der Waals surface area contributed by atoms with Crippen LogP contribution in [0.15, 0.2) is 0 Å². The van der Waals surface area contributed by atoms with Crippen LogP contribution < -0.4 is 11.1 Å². The second-order valence-corrected chi connectivity index (χ2v) is 7.85. The monoisotopic (exact) mass is 290 g/mol. The lowest BCUT2D eigenvalue weighted by Crippen LogP contribution is -2.46. The van der Waals surface area contributed by atoms with Crippen molar-refractivity contribution in [2.24, 2.45) is 5.73 Å². The fourth-order valence-electron chi connectivity index (χ4n) is 2.29. The van der Waals surface area contributed by atoms with Gasteiger partial charge in [0, 0.05) is 12.1 Å². The van der Waals surface area contributed by atoms with Crippen LogP contribution in [0.3, 0.4) is 0 Å². The van der Waals surface area contributed by atoms with Crippen molar-refractivity contribution >= 4 is 15.7 Å². The van der Waals surface area contributed by atoms with E-state index in [4.69, 9.17) is 5.73 Å². The van der Waals surface area contributed by atoms with Gasteiger partial charge in [-0.1, -0.05) is 26.2 Å². The van der Waals surface area contributed by atoms with E-state index in [0.717, 1.165) is 25.7 Å². The molecular formula is C13H26N2O3S. The molecule has 0 aromatic heterocycles. The number of nitrogens with two attached hydrogens (primary N) is 1. The van der Waals surface area contributed by atoms with Crippen molar-refractivity contribution in [2.75, 3.05) is 5.75 Å². The van der Waals surface area contributed by atoms with Crippen molar-refractivity contribution in [3.05, 3.63) is 0 Å².